The Morgan fingerprint density at radius 2 is 1.57 bits per heavy atom. The van der Waals surface area contributed by atoms with Crippen LogP contribution in [0.1, 0.15) is 18.1 Å². The summed E-state index contributed by atoms with van der Waals surface area (Å²) in [6, 6.07) is 3.74. The molecule has 0 radical (unpaired) electrons. The van der Waals surface area contributed by atoms with Crippen molar-refractivity contribution in [3.8, 4) is 11.5 Å². The van der Waals surface area contributed by atoms with Gasteiger partial charge in [-0.3, -0.25) is 9.59 Å². The van der Waals surface area contributed by atoms with Gasteiger partial charge in [-0.15, -0.1) is 0 Å². The predicted molar refractivity (Wildman–Crippen MR) is 86.8 cm³/mol. The average molecular weight is 320 g/mol. The van der Waals surface area contributed by atoms with Crippen LogP contribution in [0.5, 0.6) is 11.5 Å². The number of piperazine rings is 1. The summed E-state index contributed by atoms with van der Waals surface area (Å²) in [7, 11) is 3.21. The Hall–Kier alpha value is -2.24. The minimum atomic E-state index is 0.0393. The molecule has 0 saturated carbocycles. The van der Waals surface area contributed by atoms with Crippen LogP contribution in [0.4, 0.5) is 0 Å². The second kappa shape index (κ2) is 7.35. The summed E-state index contributed by atoms with van der Waals surface area (Å²) < 4.78 is 10.7. The van der Waals surface area contributed by atoms with E-state index in [2.05, 4.69) is 0 Å². The quantitative estimate of drug-likeness (QED) is 0.838. The zero-order valence-electron chi connectivity index (χ0n) is 14.2. The minimum Gasteiger partial charge on any atom is -0.496 e. The number of ether oxygens (including phenoxy) is 2. The number of rotatable bonds is 4. The first-order chi connectivity index (χ1) is 11.0. The predicted octanol–water partition coefficient (Wildman–Crippen LogP) is 1.25. The third-order valence-corrected chi connectivity index (χ3v) is 4.22. The van der Waals surface area contributed by atoms with Crippen LogP contribution < -0.4 is 9.47 Å². The van der Waals surface area contributed by atoms with Crippen LogP contribution in [0.2, 0.25) is 0 Å². The van der Waals surface area contributed by atoms with Crippen molar-refractivity contribution in [1.29, 1.82) is 0 Å². The molecule has 2 rings (SSSR count). The van der Waals surface area contributed by atoms with Gasteiger partial charge < -0.3 is 19.3 Å². The molecule has 1 aliphatic heterocycles. The van der Waals surface area contributed by atoms with Crippen molar-refractivity contribution in [2.75, 3.05) is 40.4 Å². The van der Waals surface area contributed by atoms with Gasteiger partial charge in [0, 0.05) is 38.7 Å². The summed E-state index contributed by atoms with van der Waals surface area (Å²) in [6.45, 7) is 5.83. The number of methoxy groups -OCH3 is 2. The Labute approximate surface area is 137 Å². The number of carbonyl (C=O) groups is 2. The largest absolute Gasteiger partial charge is 0.496 e. The lowest BCUT2D eigenvalue weighted by atomic mass is 10.1. The van der Waals surface area contributed by atoms with Gasteiger partial charge in [0.2, 0.25) is 11.8 Å². The van der Waals surface area contributed by atoms with E-state index >= 15 is 0 Å². The lowest BCUT2D eigenvalue weighted by molar-refractivity contribution is -0.138. The molecule has 0 bridgehead atoms. The van der Waals surface area contributed by atoms with Crippen molar-refractivity contribution in [3.05, 3.63) is 23.3 Å². The van der Waals surface area contributed by atoms with E-state index in [0.29, 0.717) is 31.9 Å². The topological polar surface area (TPSA) is 59.1 Å². The van der Waals surface area contributed by atoms with E-state index in [1.165, 1.54) is 0 Å². The summed E-state index contributed by atoms with van der Waals surface area (Å²) in [5, 5.41) is 0. The molecule has 0 atom stereocenters. The van der Waals surface area contributed by atoms with Crippen LogP contribution in [0, 0.1) is 6.92 Å². The Bertz CT molecular complexity index is 593. The monoisotopic (exact) mass is 320 g/mol. The van der Waals surface area contributed by atoms with Crippen LogP contribution in [0.3, 0.4) is 0 Å². The molecule has 0 spiro atoms. The molecule has 0 unspecified atom stereocenters. The highest BCUT2D eigenvalue weighted by Gasteiger charge is 2.23. The maximum Gasteiger partial charge on any atom is 0.227 e. The third kappa shape index (κ3) is 3.94. The van der Waals surface area contributed by atoms with E-state index in [-0.39, 0.29) is 18.2 Å². The van der Waals surface area contributed by atoms with Gasteiger partial charge in [-0.05, 0) is 24.6 Å². The van der Waals surface area contributed by atoms with E-state index in [1.54, 1.807) is 30.9 Å². The molecule has 1 saturated heterocycles. The maximum absolute atomic E-state index is 12.5. The van der Waals surface area contributed by atoms with Gasteiger partial charge in [-0.25, -0.2) is 0 Å². The van der Waals surface area contributed by atoms with Gasteiger partial charge in [-0.2, -0.15) is 0 Å². The number of benzene rings is 1. The fraction of sp³-hybridized carbons (Fsp3) is 0.529. The third-order valence-electron chi connectivity index (χ3n) is 4.22. The van der Waals surface area contributed by atoms with Crippen molar-refractivity contribution >= 4 is 11.8 Å². The summed E-state index contributed by atoms with van der Waals surface area (Å²) in [6.07, 6.45) is 0.264. The standard InChI is InChI=1S/C17H24N2O4/c1-12-9-16(23-4)14(10-15(12)22-3)11-17(21)19-7-5-18(6-8-19)13(2)20/h9-10H,5-8,11H2,1-4H3. The van der Waals surface area contributed by atoms with Crippen molar-refractivity contribution < 1.29 is 19.1 Å². The first-order valence-corrected chi connectivity index (χ1v) is 7.71. The molecule has 23 heavy (non-hydrogen) atoms. The zero-order chi connectivity index (χ0) is 17.0. The highest BCUT2D eigenvalue weighted by atomic mass is 16.5. The maximum atomic E-state index is 12.5. The van der Waals surface area contributed by atoms with Crippen molar-refractivity contribution in [3.63, 3.8) is 0 Å². The molecule has 0 N–H and O–H groups in total. The summed E-state index contributed by atoms with van der Waals surface area (Å²) in [4.78, 5) is 27.4. The first-order valence-electron chi connectivity index (χ1n) is 7.71. The van der Waals surface area contributed by atoms with Crippen LogP contribution in [0.25, 0.3) is 0 Å². The van der Waals surface area contributed by atoms with Crippen LogP contribution in [0.15, 0.2) is 12.1 Å². The SMILES string of the molecule is COc1cc(CC(=O)N2CCN(C(C)=O)CC2)c(OC)cc1C. The van der Waals surface area contributed by atoms with Crippen LogP contribution in [-0.4, -0.2) is 62.0 Å². The zero-order valence-corrected chi connectivity index (χ0v) is 14.2. The smallest absolute Gasteiger partial charge is 0.227 e. The van der Waals surface area contributed by atoms with Gasteiger partial charge in [0.1, 0.15) is 11.5 Å². The summed E-state index contributed by atoms with van der Waals surface area (Å²) in [5.74, 6) is 1.54. The number of hydrogen-bond donors (Lipinski definition) is 0. The fourth-order valence-corrected chi connectivity index (χ4v) is 2.80. The van der Waals surface area contributed by atoms with Crippen LogP contribution >= 0.6 is 0 Å². The van der Waals surface area contributed by atoms with Crippen molar-refractivity contribution in [1.82, 2.24) is 9.80 Å². The molecule has 6 nitrogen and oxygen atoms in total. The van der Waals surface area contributed by atoms with Crippen molar-refractivity contribution in [2.24, 2.45) is 0 Å². The van der Waals surface area contributed by atoms with E-state index in [9.17, 15) is 9.59 Å². The summed E-state index contributed by atoms with van der Waals surface area (Å²) in [5.41, 5.74) is 1.78. The van der Waals surface area contributed by atoms with E-state index in [1.807, 2.05) is 19.1 Å². The van der Waals surface area contributed by atoms with Crippen LogP contribution in [-0.2, 0) is 16.0 Å². The lowest BCUT2D eigenvalue weighted by Gasteiger charge is -2.34. The van der Waals surface area contributed by atoms with Gasteiger partial charge in [0.25, 0.3) is 0 Å². The number of hydrogen-bond acceptors (Lipinski definition) is 4. The Balaban J connectivity index is 2.07. The number of nitrogens with zero attached hydrogens (tertiary/aromatic N) is 2. The summed E-state index contributed by atoms with van der Waals surface area (Å²) >= 11 is 0. The molecule has 0 aromatic heterocycles. The highest BCUT2D eigenvalue weighted by molar-refractivity contribution is 5.80. The molecule has 6 heteroatoms. The Kier molecular flexibility index (Phi) is 5.47. The lowest BCUT2D eigenvalue weighted by Crippen LogP contribution is -2.50. The molecule has 126 valence electrons. The molecule has 2 amide bonds. The average Bonchev–Trinajstić information content (AvgIpc) is 2.55. The second-order valence-corrected chi connectivity index (χ2v) is 5.70. The molecule has 1 aliphatic rings. The molecular weight excluding hydrogens is 296 g/mol. The van der Waals surface area contributed by atoms with Crippen molar-refractivity contribution in [2.45, 2.75) is 20.3 Å². The number of aryl methyl sites for hydroxylation is 1. The molecule has 0 aliphatic carbocycles. The Morgan fingerprint density at radius 3 is 2.09 bits per heavy atom. The molecule has 1 heterocycles. The molecule has 1 aromatic carbocycles. The molecular formula is C17H24N2O4. The second-order valence-electron chi connectivity index (χ2n) is 5.70. The highest BCUT2D eigenvalue weighted by Crippen LogP contribution is 2.29. The molecule has 1 aromatic rings. The van der Waals surface area contributed by atoms with E-state index in [0.717, 1.165) is 16.9 Å². The minimum absolute atomic E-state index is 0.0393. The number of amides is 2. The fourth-order valence-electron chi connectivity index (χ4n) is 2.80. The molecule has 1 fully saturated rings. The van der Waals surface area contributed by atoms with Gasteiger partial charge >= 0.3 is 0 Å². The normalized spacial score (nSPS) is 14.6. The number of carbonyl (C=O) groups excluding carboxylic acids is 2. The Morgan fingerprint density at radius 1 is 1.00 bits per heavy atom. The van der Waals surface area contributed by atoms with Gasteiger partial charge in [0.05, 0.1) is 20.6 Å². The van der Waals surface area contributed by atoms with E-state index < -0.39 is 0 Å². The first kappa shape index (κ1) is 17.1. The van der Waals surface area contributed by atoms with Gasteiger partial charge in [-0.1, -0.05) is 0 Å². The van der Waals surface area contributed by atoms with E-state index in [4.69, 9.17) is 9.47 Å². The van der Waals surface area contributed by atoms with Gasteiger partial charge in [0.15, 0.2) is 0 Å².